The fourth-order valence-electron chi connectivity index (χ4n) is 1.75. The summed E-state index contributed by atoms with van der Waals surface area (Å²) in [6.07, 6.45) is 0. The molecule has 0 saturated carbocycles. The Morgan fingerprint density at radius 2 is 1.89 bits per heavy atom. The third-order valence-electron chi connectivity index (χ3n) is 2.88. The number of hydrogen-bond acceptors (Lipinski definition) is 2. The number of carboxylic acid groups (broad SMARTS) is 1. The van der Waals surface area contributed by atoms with Crippen LogP contribution in [-0.2, 0) is 6.54 Å². The van der Waals surface area contributed by atoms with Crippen LogP contribution in [0.5, 0.6) is 0 Å². The largest absolute Gasteiger partial charge is 0.478 e. The van der Waals surface area contributed by atoms with E-state index in [9.17, 15) is 9.18 Å². The molecule has 2 rings (SSSR count). The summed E-state index contributed by atoms with van der Waals surface area (Å²) in [4.78, 5) is 10.7. The van der Waals surface area contributed by atoms with Crippen molar-refractivity contribution in [2.75, 3.05) is 5.32 Å². The smallest absolute Gasteiger partial charge is 0.335 e. The zero-order chi connectivity index (χ0) is 13.8. The lowest BCUT2D eigenvalue weighted by Gasteiger charge is -2.09. The summed E-state index contributed by atoms with van der Waals surface area (Å²) in [5, 5.41) is 11.9. The zero-order valence-corrected chi connectivity index (χ0v) is 10.5. The molecule has 0 aliphatic carbocycles. The van der Waals surface area contributed by atoms with Crippen LogP contribution < -0.4 is 5.32 Å². The summed E-state index contributed by atoms with van der Waals surface area (Å²) in [7, 11) is 0. The number of aromatic carboxylic acids is 1. The molecule has 0 amide bonds. The maximum atomic E-state index is 13.1. The van der Waals surface area contributed by atoms with Gasteiger partial charge in [0.25, 0.3) is 0 Å². The van der Waals surface area contributed by atoms with Crippen molar-refractivity contribution in [3.05, 3.63) is 65.0 Å². The molecule has 0 radical (unpaired) electrons. The second kappa shape index (κ2) is 5.52. The molecule has 3 nitrogen and oxygen atoms in total. The molecule has 0 atom stereocenters. The van der Waals surface area contributed by atoms with Crippen LogP contribution in [0.3, 0.4) is 0 Å². The normalized spacial score (nSPS) is 10.2. The first-order valence-corrected chi connectivity index (χ1v) is 5.88. The van der Waals surface area contributed by atoms with Crippen LogP contribution >= 0.6 is 0 Å². The van der Waals surface area contributed by atoms with Crippen molar-refractivity contribution in [2.24, 2.45) is 0 Å². The van der Waals surface area contributed by atoms with E-state index in [0.717, 1.165) is 16.8 Å². The van der Waals surface area contributed by atoms with Crippen LogP contribution in [0.15, 0.2) is 42.5 Å². The molecule has 4 heteroatoms. The van der Waals surface area contributed by atoms with Gasteiger partial charge in [-0.2, -0.15) is 0 Å². The fraction of sp³-hybridized carbons (Fsp3) is 0.133. The van der Waals surface area contributed by atoms with Crippen LogP contribution in [0, 0.1) is 12.7 Å². The number of aryl methyl sites for hydroxylation is 1. The number of hydrogen-bond donors (Lipinski definition) is 2. The molecule has 0 aromatic heterocycles. The van der Waals surface area contributed by atoms with E-state index in [1.807, 2.05) is 6.92 Å². The Labute approximate surface area is 110 Å². The standard InChI is InChI=1S/C15H14FNO2/c1-10-2-7-13(16)8-14(10)17-9-11-3-5-12(6-4-11)15(18)19/h2-8,17H,9H2,1H3,(H,18,19). The number of carbonyl (C=O) groups is 1. The first-order valence-electron chi connectivity index (χ1n) is 5.88. The van der Waals surface area contributed by atoms with E-state index in [-0.39, 0.29) is 11.4 Å². The SMILES string of the molecule is Cc1ccc(F)cc1NCc1ccc(C(=O)O)cc1. The third kappa shape index (κ3) is 3.31. The van der Waals surface area contributed by atoms with Gasteiger partial charge in [-0.3, -0.25) is 0 Å². The predicted molar refractivity (Wildman–Crippen MR) is 71.9 cm³/mol. The molecule has 0 fully saturated rings. The number of halogens is 1. The van der Waals surface area contributed by atoms with E-state index in [4.69, 9.17) is 5.11 Å². The van der Waals surface area contributed by atoms with Crippen molar-refractivity contribution >= 4 is 11.7 Å². The minimum Gasteiger partial charge on any atom is -0.478 e. The van der Waals surface area contributed by atoms with Gasteiger partial charge in [0.15, 0.2) is 0 Å². The molecule has 2 aromatic rings. The van der Waals surface area contributed by atoms with Gasteiger partial charge < -0.3 is 10.4 Å². The lowest BCUT2D eigenvalue weighted by atomic mass is 10.1. The molecule has 0 unspecified atom stereocenters. The summed E-state index contributed by atoms with van der Waals surface area (Å²) in [6.45, 7) is 2.42. The Hall–Kier alpha value is -2.36. The van der Waals surface area contributed by atoms with E-state index in [1.54, 1.807) is 30.3 Å². The lowest BCUT2D eigenvalue weighted by molar-refractivity contribution is 0.0697. The van der Waals surface area contributed by atoms with Crippen LogP contribution in [-0.4, -0.2) is 11.1 Å². The highest BCUT2D eigenvalue weighted by atomic mass is 19.1. The Morgan fingerprint density at radius 1 is 1.21 bits per heavy atom. The number of carboxylic acids is 1. The molecule has 2 N–H and O–H groups in total. The van der Waals surface area contributed by atoms with Crippen molar-refractivity contribution in [3.8, 4) is 0 Å². The molecule has 0 spiro atoms. The molecule has 0 aliphatic heterocycles. The molecule has 0 aliphatic rings. The highest BCUT2D eigenvalue weighted by Crippen LogP contribution is 2.17. The maximum Gasteiger partial charge on any atom is 0.335 e. The van der Waals surface area contributed by atoms with Gasteiger partial charge in [-0.1, -0.05) is 18.2 Å². The summed E-state index contributed by atoms with van der Waals surface area (Å²) in [5.74, 6) is -1.23. The third-order valence-corrected chi connectivity index (χ3v) is 2.88. The Bertz CT molecular complexity index is 594. The molecule has 0 saturated heterocycles. The van der Waals surface area contributed by atoms with Gasteiger partial charge in [-0.05, 0) is 42.3 Å². The van der Waals surface area contributed by atoms with Crippen molar-refractivity contribution in [1.82, 2.24) is 0 Å². The number of nitrogens with one attached hydrogen (secondary N) is 1. The molecule has 98 valence electrons. The van der Waals surface area contributed by atoms with E-state index >= 15 is 0 Å². The van der Waals surface area contributed by atoms with Crippen LogP contribution in [0.2, 0.25) is 0 Å². The average Bonchev–Trinajstić information content (AvgIpc) is 2.40. The van der Waals surface area contributed by atoms with Crippen LogP contribution in [0.25, 0.3) is 0 Å². The fourth-order valence-corrected chi connectivity index (χ4v) is 1.75. The minimum atomic E-state index is -0.944. The van der Waals surface area contributed by atoms with Gasteiger partial charge in [0, 0.05) is 12.2 Å². The average molecular weight is 259 g/mol. The maximum absolute atomic E-state index is 13.1. The predicted octanol–water partition coefficient (Wildman–Crippen LogP) is 3.44. The second-order valence-electron chi connectivity index (χ2n) is 4.31. The lowest BCUT2D eigenvalue weighted by Crippen LogP contribution is -2.02. The number of rotatable bonds is 4. The Balaban J connectivity index is 2.06. The van der Waals surface area contributed by atoms with Crippen molar-refractivity contribution in [2.45, 2.75) is 13.5 Å². The van der Waals surface area contributed by atoms with E-state index < -0.39 is 5.97 Å². The first kappa shape index (κ1) is 13.1. The summed E-state index contributed by atoms with van der Waals surface area (Å²) in [6, 6.07) is 11.2. The number of anilines is 1. The second-order valence-corrected chi connectivity index (χ2v) is 4.31. The molecular weight excluding hydrogens is 245 g/mol. The Morgan fingerprint density at radius 3 is 2.53 bits per heavy atom. The highest BCUT2D eigenvalue weighted by molar-refractivity contribution is 5.87. The molecule has 2 aromatic carbocycles. The van der Waals surface area contributed by atoms with Crippen LogP contribution in [0.1, 0.15) is 21.5 Å². The molecule has 19 heavy (non-hydrogen) atoms. The molecular formula is C15H14FNO2. The van der Waals surface area contributed by atoms with Crippen molar-refractivity contribution in [3.63, 3.8) is 0 Å². The quantitative estimate of drug-likeness (QED) is 0.884. The zero-order valence-electron chi connectivity index (χ0n) is 10.5. The van der Waals surface area contributed by atoms with Gasteiger partial charge in [-0.25, -0.2) is 9.18 Å². The first-order chi connectivity index (χ1) is 9.06. The van der Waals surface area contributed by atoms with Gasteiger partial charge in [0.1, 0.15) is 5.82 Å². The van der Waals surface area contributed by atoms with Gasteiger partial charge in [-0.15, -0.1) is 0 Å². The van der Waals surface area contributed by atoms with Crippen LogP contribution in [0.4, 0.5) is 10.1 Å². The number of benzene rings is 2. The Kier molecular flexibility index (Phi) is 3.80. The molecule has 0 bridgehead atoms. The summed E-state index contributed by atoms with van der Waals surface area (Å²) < 4.78 is 13.1. The summed E-state index contributed by atoms with van der Waals surface area (Å²) in [5.41, 5.74) is 2.89. The molecule has 0 heterocycles. The van der Waals surface area contributed by atoms with E-state index in [1.165, 1.54) is 12.1 Å². The minimum absolute atomic E-state index is 0.255. The highest BCUT2D eigenvalue weighted by Gasteiger charge is 2.03. The van der Waals surface area contributed by atoms with Gasteiger partial charge in [0.05, 0.1) is 5.56 Å². The van der Waals surface area contributed by atoms with Crippen molar-refractivity contribution < 1.29 is 14.3 Å². The van der Waals surface area contributed by atoms with E-state index in [2.05, 4.69) is 5.32 Å². The van der Waals surface area contributed by atoms with Crippen molar-refractivity contribution in [1.29, 1.82) is 0 Å². The topological polar surface area (TPSA) is 49.3 Å². The monoisotopic (exact) mass is 259 g/mol. The van der Waals surface area contributed by atoms with Gasteiger partial charge in [0.2, 0.25) is 0 Å². The van der Waals surface area contributed by atoms with E-state index in [0.29, 0.717) is 6.54 Å². The summed E-state index contributed by atoms with van der Waals surface area (Å²) >= 11 is 0. The van der Waals surface area contributed by atoms with Gasteiger partial charge >= 0.3 is 5.97 Å².